The zero-order valence-corrected chi connectivity index (χ0v) is 12.9. The molecule has 1 N–H and O–H groups in total. The Morgan fingerprint density at radius 1 is 0.909 bits per heavy atom. The predicted octanol–water partition coefficient (Wildman–Crippen LogP) is 4.44. The van der Waals surface area contributed by atoms with Gasteiger partial charge < -0.3 is 5.32 Å². The van der Waals surface area contributed by atoms with Crippen LogP contribution in [0.5, 0.6) is 0 Å². The first-order valence-electron chi connectivity index (χ1n) is 7.55. The Kier molecular flexibility index (Phi) is 7.88. The molecule has 0 radical (unpaired) electrons. The lowest BCUT2D eigenvalue weighted by Crippen LogP contribution is -2.00. The standard InChI is InChI=1S/C18H20N4/c1-2-3-4-5-6-7-15-8-10-17(11-9-15)22-18(14-21)16(12-19)13-20/h8-11,22H,2-7H2,1H3. The van der Waals surface area contributed by atoms with Crippen molar-refractivity contribution in [1.29, 1.82) is 15.8 Å². The molecule has 4 nitrogen and oxygen atoms in total. The van der Waals surface area contributed by atoms with Crippen molar-refractivity contribution in [2.45, 2.75) is 45.4 Å². The Morgan fingerprint density at radius 2 is 1.55 bits per heavy atom. The van der Waals surface area contributed by atoms with Gasteiger partial charge in [-0.1, -0.05) is 44.7 Å². The van der Waals surface area contributed by atoms with Gasteiger partial charge in [-0.3, -0.25) is 0 Å². The van der Waals surface area contributed by atoms with Gasteiger partial charge in [-0.2, -0.15) is 15.8 Å². The van der Waals surface area contributed by atoms with Crippen LogP contribution in [-0.2, 0) is 6.42 Å². The molecule has 22 heavy (non-hydrogen) atoms. The number of unbranched alkanes of at least 4 members (excludes halogenated alkanes) is 4. The third-order valence-corrected chi connectivity index (χ3v) is 3.38. The maximum Gasteiger partial charge on any atom is 0.163 e. The lowest BCUT2D eigenvalue weighted by Gasteiger charge is -2.06. The van der Waals surface area contributed by atoms with Crippen molar-refractivity contribution in [1.82, 2.24) is 0 Å². The minimum absolute atomic E-state index is 0.0164. The van der Waals surface area contributed by atoms with Crippen molar-refractivity contribution in [2.75, 3.05) is 5.32 Å². The minimum atomic E-state index is -0.206. The fraction of sp³-hybridized carbons (Fsp3) is 0.389. The summed E-state index contributed by atoms with van der Waals surface area (Å²) >= 11 is 0. The van der Waals surface area contributed by atoms with Gasteiger partial charge in [0.05, 0.1) is 0 Å². The first-order valence-corrected chi connectivity index (χ1v) is 7.55. The summed E-state index contributed by atoms with van der Waals surface area (Å²) in [5, 5.41) is 29.4. The summed E-state index contributed by atoms with van der Waals surface area (Å²) in [5.41, 5.74) is 1.74. The van der Waals surface area contributed by atoms with E-state index in [1.54, 1.807) is 12.1 Å². The van der Waals surface area contributed by atoms with Gasteiger partial charge in [0.25, 0.3) is 0 Å². The second kappa shape index (κ2) is 10.0. The second-order valence-electron chi connectivity index (χ2n) is 5.07. The van der Waals surface area contributed by atoms with Crippen molar-refractivity contribution >= 4 is 5.69 Å². The third kappa shape index (κ3) is 5.70. The molecule has 0 bridgehead atoms. The van der Waals surface area contributed by atoms with Crippen molar-refractivity contribution in [2.24, 2.45) is 0 Å². The molecule has 112 valence electrons. The number of hydrogen-bond acceptors (Lipinski definition) is 4. The van der Waals surface area contributed by atoms with Crippen molar-refractivity contribution in [3.63, 3.8) is 0 Å². The summed E-state index contributed by atoms with van der Waals surface area (Å²) in [7, 11) is 0. The summed E-state index contributed by atoms with van der Waals surface area (Å²) in [4.78, 5) is 0. The zero-order chi connectivity index (χ0) is 16.2. The predicted molar refractivity (Wildman–Crippen MR) is 86.4 cm³/mol. The van der Waals surface area contributed by atoms with Gasteiger partial charge in [-0.05, 0) is 30.5 Å². The van der Waals surface area contributed by atoms with Gasteiger partial charge in [0.15, 0.2) is 5.57 Å². The van der Waals surface area contributed by atoms with Crippen LogP contribution < -0.4 is 5.32 Å². The molecule has 1 aromatic rings. The van der Waals surface area contributed by atoms with E-state index < -0.39 is 0 Å². The van der Waals surface area contributed by atoms with Gasteiger partial charge in [-0.25, -0.2) is 0 Å². The zero-order valence-electron chi connectivity index (χ0n) is 12.9. The van der Waals surface area contributed by atoms with Crippen LogP contribution in [0.3, 0.4) is 0 Å². The number of anilines is 1. The maximum atomic E-state index is 8.99. The summed E-state index contributed by atoms with van der Waals surface area (Å²) in [6, 6.07) is 13.0. The van der Waals surface area contributed by atoms with Crippen LogP contribution in [0, 0.1) is 34.0 Å². The van der Waals surface area contributed by atoms with Crippen LogP contribution in [0.15, 0.2) is 35.5 Å². The summed E-state index contributed by atoms with van der Waals surface area (Å²) < 4.78 is 0. The number of nitrogens with one attached hydrogen (secondary N) is 1. The van der Waals surface area contributed by atoms with Crippen LogP contribution in [0.1, 0.15) is 44.6 Å². The Hall–Kier alpha value is -2.77. The van der Waals surface area contributed by atoms with E-state index in [2.05, 4.69) is 12.2 Å². The van der Waals surface area contributed by atoms with Gasteiger partial charge >= 0.3 is 0 Å². The SMILES string of the molecule is CCCCCCCc1ccc(NC(C#N)=C(C#N)C#N)cc1. The van der Waals surface area contributed by atoms with Crippen LogP contribution >= 0.6 is 0 Å². The lowest BCUT2D eigenvalue weighted by molar-refractivity contribution is 0.632. The molecule has 1 rings (SSSR count). The number of hydrogen-bond donors (Lipinski definition) is 1. The average molecular weight is 292 g/mol. The van der Waals surface area contributed by atoms with E-state index in [1.165, 1.54) is 37.7 Å². The fourth-order valence-corrected chi connectivity index (χ4v) is 2.11. The minimum Gasteiger partial charge on any atom is -0.345 e. The lowest BCUT2D eigenvalue weighted by atomic mass is 10.1. The molecule has 0 aliphatic carbocycles. The average Bonchev–Trinajstić information content (AvgIpc) is 2.56. The van der Waals surface area contributed by atoms with Crippen molar-refractivity contribution in [3.8, 4) is 18.2 Å². The molecule has 1 aromatic carbocycles. The topological polar surface area (TPSA) is 83.4 Å². The van der Waals surface area contributed by atoms with E-state index in [1.807, 2.05) is 30.3 Å². The van der Waals surface area contributed by atoms with E-state index >= 15 is 0 Å². The first-order chi connectivity index (χ1) is 10.7. The first kappa shape index (κ1) is 17.3. The highest BCUT2D eigenvalue weighted by atomic mass is 14.9. The molecule has 0 aliphatic heterocycles. The monoisotopic (exact) mass is 292 g/mol. The Balaban J connectivity index is 2.59. The highest BCUT2D eigenvalue weighted by molar-refractivity contribution is 5.58. The molecule has 0 spiro atoms. The smallest absolute Gasteiger partial charge is 0.163 e. The normalized spacial score (nSPS) is 9.18. The Bertz CT molecular complexity index is 605. The number of aryl methyl sites for hydroxylation is 1. The molecule has 4 heteroatoms. The van der Waals surface area contributed by atoms with Crippen LogP contribution in [0.2, 0.25) is 0 Å². The Morgan fingerprint density at radius 3 is 2.09 bits per heavy atom. The van der Waals surface area contributed by atoms with Crippen LogP contribution in [0.25, 0.3) is 0 Å². The van der Waals surface area contributed by atoms with E-state index in [0.29, 0.717) is 5.69 Å². The van der Waals surface area contributed by atoms with Crippen molar-refractivity contribution in [3.05, 3.63) is 41.1 Å². The Labute approximate surface area is 132 Å². The van der Waals surface area contributed by atoms with Gasteiger partial charge in [0.2, 0.25) is 0 Å². The number of nitriles is 3. The molecule has 0 aromatic heterocycles. The van der Waals surface area contributed by atoms with E-state index in [4.69, 9.17) is 15.8 Å². The number of allylic oxidation sites excluding steroid dienone is 2. The van der Waals surface area contributed by atoms with E-state index in [0.717, 1.165) is 6.42 Å². The van der Waals surface area contributed by atoms with E-state index in [9.17, 15) is 0 Å². The number of rotatable bonds is 8. The molecular formula is C18H20N4. The molecule has 0 aliphatic rings. The fourth-order valence-electron chi connectivity index (χ4n) is 2.11. The summed E-state index contributed by atoms with van der Waals surface area (Å²) in [5.74, 6) is 0. The highest BCUT2D eigenvalue weighted by Gasteiger charge is 2.05. The summed E-state index contributed by atoms with van der Waals surface area (Å²) in [6.45, 7) is 2.21. The van der Waals surface area contributed by atoms with Crippen LogP contribution in [0.4, 0.5) is 5.69 Å². The molecule has 0 saturated carbocycles. The third-order valence-electron chi connectivity index (χ3n) is 3.38. The van der Waals surface area contributed by atoms with Gasteiger partial charge in [0, 0.05) is 5.69 Å². The summed E-state index contributed by atoms with van der Waals surface area (Å²) in [6.07, 6.45) is 7.32. The molecule has 0 fully saturated rings. The molecule has 0 amide bonds. The molecular weight excluding hydrogens is 272 g/mol. The van der Waals surface area contributed by atoms with Gasteiger partial charge in [-0.15, -0.1) is 0 Å². The largest absolute Gasteiger partial charge is 0.345 e. The molecule has 0 saturated heterocycles. The second-order valence-corrected chi connectivity index (χ2v) is 5.07. The van der Waals surface area contributed by atoms with Crippen LogP contribution in [-0.4, -0.2) is 0 Å². The molecule has 0 atom stereocenters. The number of benzene rings is 1. The van der Waals surface area contributed by atoms with Gasteiger partial charge in [0.1, 0.15) is 23.9 Å². The highest BCUT2D eigenvalue weighted by Crippen LogP contribution is 2.15. The quantitative estimate of drug-likeness (QED) is 0.567. The van der Waals surface area contributed by atoms with E-state index in [-0.39, 0.29) is 11.3 Å². The van der Waals surface area contributed by atoms with Crippen molar-refractivity contribution < 1.29 is 0 Å². The maximum absolute atomic E-state index is 8.99. The number of nitrogens with zero attached hydrogens (tertiary/aromatic N) is 3. The molecule has 0 heterocycles. The molecule has 0 unspecified atom stereocenters.